The summed E-state index contributed by atoms with van der Waals surface area (Å²) in [5, 5.41) is 22.3. The van der Waals surface area contributed by atoms with Crippen molar-refractivity contribution in [1.82, 2.24) is 0 Å². The molecule has 0 unspecified atom stereocenters. The second kappa shape index (κ2) is 10.0. The van der Waals surface area contributed by atoms with Crippen LogP contribution >= 0.6 is 0 Å². The molecule has 0 spiro atoms. The van der Waals surface area contributed by atoms with Crippen LogP contribution in [0.1, 0.15) is 26.3 Å². The topological polar surface area (TPSA) is 85.6 Å². The minimum Gasteiger partial charge on any atom is -0.507 e. The number of rotatable bonds is 8. The number of carbonyl (C=O) groups excluding carboxylic acids is 1. The van der Waals surface area contributed by atoms with Crippen molar-refractivity contribution in [2.75, 3.05) is 29.9 Å². The molecule has 6 heteroatoms. The summed E-state index contributed by atoms with van der Waals surface area (Å²) in [6, 6.07) is 14.0. The van der Waals surface area contributed by atoms with Gasteiger partial charge in [0.25, 0.3) is 5.91 Å². The number of carbonyl (C=O) groups is 1. The Morgan fingerprint density at radius 1 is 1.18 bits per heavy atom. The number of amides is 1. The lowest BCUT2D eigenvalue weighted by Crippen LogP contribution is -2.21. The highest BCUT2D eigenvalue weighted by atomic mass is 16.5. The number of benzene rings is 2. The van der Waals surface area contributed by atoms with E-state index in [1.807, 2.05) is 32.9 Å². The molecule has 0 aromatic heterocycles. The fourth-order valence-electron chi connectivity index (χ4n) is 2.74. The van der Waals surface area contributed by atoms with E-state index in [0.29, 0.717) is 23.6 Å². The average molecular weight is 379 g/mol. The van der Waals surface area contributed by atoms with Crippen LogP contribution in [0.3, 0.4) is 0 Å². The van der Waals surface area contributed by atoms with E-state index in [-0.39, 0.29) is 11.3 Å². The molecule has 2 aromatic rings. The zero-order valence-electron chi connectivity index (χ0n) is 16.4. The quantitative estimate of drug-likeness (QED) is 0.531. The van der Waals surface area contributed by atoms with E-state index < -0.39 is 5.91 Å². The second-order valence-electron chi connectivity index (χ2n) is 6.00. The van der Waals surface area contributed by atoms with Gasteiger partial charge in [-0.05, 0) is 63.2 Å². The number of hydrogen-bond acceptors (Lipinski definition) is 5. The zero-order chi connectivity index (χ0) is 20.5. The summed E-state index contributed by atoms with van der Waals surface area (Å²) in [7, 11) is 0. The SMILES string of the molecule is CCOc1ccc(NC(=O)C(C#N)=Cc2ccc(N(CC)CC)cc2O)cc1. The van der Waals surface area contributed by atoms with Crippen molar-refractivity contribution in [1.29, 1.82) is 5.26 Å². The molecule has 0 aliphatic rings. The molecule has 28 heavy (non-hydrogen) atoms. The second-order valence-corrected chi connectivity index (χ2v) is 6.00. The summed E-state index contributed by atoms with van der Waals surface area (Å²) >= 11 is 0. The minimum atomic E-state index is -0.543. The van der Waals surface area contributed by atoms with Crippen LogP contribution in [0.5, 0.6) is 11.5 Å². The fraction of sp³-hybridized carbons (Fsp3) is 0.273. The van der Waals surface area contributed by atoms with Gasteiger partial charge in [0.15, 0.2) is 0 Å². The summed E-state index contributed by atoms with van der Waals surface area (Å²) < 4.78 is 5.36. The number of phenols is 1. The van der Waals surface area contributed by atoms with Gasteiger partial charge in [0.05, 0.1) is 6.61 Å². The maximum Gasteiger partial charge on any atom is 0.266 e. The highest BCUT2D eigenvalue weighted by Crippen LogP contribution is 2.27. The molecule has 0 aliphatic heterocycles. The lowest BCUT2D eigenvalue weighted by Gasteiger charge is -2.21. The third kappa shape index (κ3) is 5.27. The van der Waals surface area contributed by atoms with E-state index in [2.05, 4.69) is 10.2 Å². The molecule has 2 N–H and O–H groups in total. The van der Waals surface area contributed by atoms with E-state index >= 15 is 0 Å². The first-order chi connectivity index (χ1) is 13.5. The number of ether oxygens (including phenoxy) is 1. The maximum atomic E-state index is 12.4. The number of nitrogens with zero attached hydrogens (tertiary/aromatic N) is 2. The van der Waals surface area contributed by atoms with Crippen molar-refractivity contribution in [3.8, 4) is 17.6 Å². The monoisotopic (exact) mass is 379 g/mol. The molecule has 1 amide bonds. The lowest BCUT2D eigenvalue weighted by atomic mass is 10.1. The first-order valence-corrected chi connectivity index (χ1v) is 9.26. The predicted molar refractivity (Wildman–Crippen MR) is 111 cm³/mol. The van der Waals surface area contributed by atoms with Gasteiger partial charge < -0.3 is 20.1 Å². The average Bonchev–Trinajstić information content (AvgIpc) is 2.70. The summed E-state index contributed by atoms with van der Waals surface area (Å²) in [4.78, 5) is 14.5. The van der Waals surface area contributed by atoms with Gasteiger partial charge in [-0.15, -0.1) is 0 Å². The van der Waals surface area contributed by atoms with Crippen molar-refractivity contribution in [3.63, 3.8) is 0 Å². The molecule has 0 aliphatic carbocycles. The van der Waals surface area contributed by atoms with Gasteiger partial charge in [-0.25, -0.2) is 0 Å². The van der Waals surface area contributed by atoms with Crippen LogP contribution in [0.4, 0.5) is 11.4 Å². The molecule has 0 radical (unpaired) electrons. The molecule has 0 saturated heterocycles. The maximum absolute atomic E-state index is 12.4. The molecule has 6 nitrogen and oxygen atoms in total. The van der Waals surface area contributed by atoms with Crippen LogP contribution in [0.25, 0.3) is 6.08 Å². The first-order valence-electron chi connectivity index (χ1n) is 9.26. The van der Waals surface area contributed by atoms with E-state index in [1.54, 1.807) is 36.4 Å². The van der Waals surface area contributed by atoms with Crippen molar-refractivity contribution >= 4 is 23.4 Å². The van der Waals surface area contributed by atoms with Crippen molar-refractivity contribution in [3.05, 3.63) is 53.6 Å². The van der Waals surface area contributed by atoms with Crippen molar-refractivity contribution in [2.24, 2.45) is 0 Å². The van der Waals surface area contributed by atoms with Crippen LogP contribution in [-0.2, 0) is 4.79 Å². The fourth-order valence-corrected chi connectivity index (χ4v) is 2.74. The van der Waals surface area contributed by atoms with Crippen LogP contribution in [0.2, 0.25) is 0 Å². The molecule has 0 saturated carbocycles. The van der Waals surface area contributed by atoms with E-state index in [1.165, 1.54) is 6.08 Å². The number of aromatic hydroxyl groups is 1. The van der Waals surface area contributed by atoms with E-state index in [4.69, 9.17) is 4.74 Å². The van der Waals surface area contributed by atoms with Gasteiger partial charge >= 0.3 is 0 Å². The van der Waals surface area contributed by atoms with Crippen LogP contribution in [-0.4, -0.2) is 30.7 Å². The Hall–Kier alpha value is -3.46. The third-order valence-electron chi connectivity index (χ3n) is 4.23. The molecule has 2 aromatic carbocycles. The Morgan fingerprint density at radius 2 is 1.86 bits per heavy atom. The number of hydrogen-bond donors (Lipinski definition) is 2. The highest BCUT2D eigenvalue weighted by molar-refractivity contribution is 6.09. The van der Waals surface area contributed by atoms with Crippen molar-refractivity contribution < 1.29 is 14.6 Å². The number of nitrogens with one attached hydrogen (secondary N) is 1. The number of anilines is 2. The van der Waals surface area contributed by atoms with Gasteiger partial charge in [0.1, 0.15) is 23.1 Å². The number of phenolic OH excluding ortho intramolecular Hbond substituents is 1. The molecule has 0 bridgehead atoms. The molecule has 0 atom stereocenters. The Labute approximate surface area is 165 Å². The zero-order valence-corrected chi connectivity index (χ0v) is 16.4. The van der Waals surface area contributed by atoms with Gasteiger partial charge in [0.2, 0.25) is 0 Å². The van der Waals surface area contributed by atoms with Crippen LogP contribution in [0, 0.1) is 11.3 Å². The first kappa shape index (κ1) is 20.8. The smallest absolute Gasteiger partial charge is 0.266 e. The third-order valence-corrected chi connectivity index (χ3v) is 4.23. The van der Waals surface area contributed by atoms with E-state index in [9.17, 15) is 15.2 Å². The molecule has 2 rings (SSSR count). The molecule has 0 heterocycles. The van der Waals surface area contributed by atoms with Crippen LogP contribution < -0.4 is 15.0 Å². The Balaban J connectivity index is 2.18. The summed E-state index contributed by atoms with van der Waals surface area (Å²) in [5.74, 6) is 0.180. The Kier molecular flexibility index (Phi) is 7.46. The predicted octanol–water partition coefficient (Wildman–Crippen LogP) is 4.18. The lowest BCUT2D eigenvalue weighted by molar-refractivity contribution is -0.112. The molecule has 146 valence electrons. The summed E-state index contributed by atoms with van der Waals surface area (Å²) in [6.45, 7) is 8.16. The van der Waals surface area contributed by atoms with Gasteiger partial charge in [-0.2, -0.15) is 5.26 Å². The Bertz CT molecular complexity index is 879. The van der Waals surface area contributed by atoms with Gasteiger partial charge in [-0.3, -0.25) is 4.79 Å². The van der Waals surface area contributed by atoms with Gasteiger partial charge in [-0.1, -0.05) is 0 Å². The molecular weight excluding hydrogens is 354 g/mol. The Morgan fingerprint density at radius 3 is 2.39 bits per heavy atom. The number of nitriles is 1. The minimum absolute atomic E-state index is 0.0195. The summed E-state index contributed by atoms with van der Waals surface area (Å²) in [6.07, 6.45) is 1.38. The standard InChI is InChI=1S/C22H25N3O3/c1-4-25(5-2)19-10-7-16(21(26)14-19)13-17(15-23)22(27)24-18-8-11-20(12-9-18)28-6-3/h7-14,26H,4-6H2,1-3H3,(H,24,27). The molecular formula is C22H25N3O3. The largest absolute Gasteiger partial charge is 0.507 e. The van der Waals surface area contributed by atoms with Gasteiger partial charge in [0, 0.05) is 36.1 Å². The highest BCUT2D eigenvalue weighted by Gasteiger charge is 2.12. The molecule has 0 fully saturated rings. The summed E-state index contributed by atoms with van der Waals surface area (Å²) in [5.41, 5.74) is 1.75. The normalized spacial score (nSPS) is 10.9. The van der Waals surface area contributed by atoms with E-state index in [0.717, 1.165) is 18.8 Å². The van der Waals surface area contributed by atoms with Crippen LogP contribution in [0.15, 0.2) is 48.0 Å². The van der Waals surface area contributed by atoms with Crippen molar-refractivity contribution in [2.45, 2.75) is 20.8 Å².